The predicted molar refractivity (Wildman–Crippen MR) is 76.5 cm³/mol. The van der Waals surface area contributed by atoms with Crippen LogP contribution in [0.1, 0.15) is 33.1 Å². The molecule has 2 amide bonds. The number of hydrogen-bond donors (Lipinski definition) is 3. The molecule has 0 aliphatic rings. The first kappa shape index (κ1) is 17.2. The Balaban J connectivity index is 3.73. The van der Waals surface area contributed by atoms with Gasteiger partial charge >= 0.3 is 0 Å². The van der Waals surface area contributed by atoms with Crippen LogP contribution in [0.15, 0.2) is 0 Å². The Bertz CT molecular complexity index is 239. The number of hydrogen-bond acceptors (Lipinski definition) is 4. The van der Waals surface area contributed by atoms with E-state index in [1.807, 2.05) is 6.92 Å². The SMILES string of the molecule is CCCC(NC=O)SCCC(C)NC(=O)CNC. The van der Waals surface area contributed by atoms with Crippen molar-refractivity contribution in [3.63, 3.8) is 0 Å². The predicted octanol–water partition coefficient (Wildman–Crippen LogP) is 0.706. The van der Waals surface area contributed by atoms with Crippen molar-refractivity contribution in [1.82, 2.24) is 16.0 Å². The number of carbonyl (C=O) groups is 2. The molecule has 2 unspecified atom stereocenters. The van der Waals surface area contributed by atoms with E-state index in [1.165, 1.54) is 0 Å². The smallest absolute Gasteiger partial charge is 0.234 e. The van der Waals surface area contributed by atoms with Crippen LogP contribution in [-0.2, 0) is 9.59 Å². The zero-order valence-electron chi connectivity index (χ0n) is 11.5. The molecule has 0 saturated carbocycles. The maximum atomic E-state index is 11.3. The summed E-state index contributed by atoms with van der Waals surface area (Å²) in [6.45, 7) is 4.44. The van der Waals surface area contributed by atoms with Gasteiger partial charge in [-0.2, -0.15) is 0 Å². The normalized spacial score (nSPS) is 13.7. The molecule has 18 heavy (non-hydrogen) atoms. The molecule has 0 saturated heterocycles. The third-order valence-corrected chi connectivity index (χ3v) is 3.66. The van der Waals surface area contributed by atoms with Crippen LogP contribution in [-0.4, -0.2) is 43.1 Å². The van der Waals surface area contributed by atoms with E-state index in [2.05, 4.69) is 22.9 Å². The molecule has 0 aromatic heterocycles. The molecule has 0 spiro atoms. The van der Waals surface area contributed by atoms with Crippen LogP contribution in [0.5, 0.6) is 0 Å². The Morgan fingerprint density at radius 3 is 2.67 bits per heavy atom. The fourth-order valence-electron chi connectivity index (χ4n) is 1.50. The first-order valence-electron chi connectivity index (χ1n) is 6.39. The lowest BCUT2D eigenvalue weighted by Crippen LogP contribution is -2.38. The molecule has 0 bridgehead atoms. The first-order valence-corrected chi connectivity index (χ1v) is 7.44. The first-order chi connectivity index (χ1) is 8.63. The Labute approximate surface area is 114 Å². The summed E-state index contributed by atoms with van der Waals surface area (Å²) in [6, 6.07) is 0.164. The molecule has 5 nitrogen and oxygen atoms in total. The average molecular weight is 275 g/mol. The second-order valence-corrected chi connectivity index (χ2v) is 5.53. The van der Waals surface area contributed by atoms with Gasteiger partial charge in [0.25, 0.3) is 0 Å². The van der Waals surface area contributed by atoms with Crippen molar-refractivity contribution in [2.45, 2.75) is 44.5 Å². The summed E-state index contributed by atoms with van der Waals surface area (Å²) in [7, 11) is 1.75. The third-order valence-electron chi connectivity index (χ3n) is 2.42. The molecule has 0 aliphatic carbocycles. The van der Waals surface area contributed by atoms with Crippen LogP contribution in [0.3, 0.4) is 0 Å². The maximum Gasteiger partial charge on any atom is 0.234 e. The summed E-state index contributed by atoms with van der Waals surface area (Å²) in [5, 5.41) is 8.72. The maximum absolute atomic E-state index is 11.3. The van der Waals surface area contributed by atoms with Crippen molar-refractivity contribution in [3.05, 3.63) is 0 Å². The van der Waals surface area contributed by atoms with Crippen LogP contribution in [0.4, 0.5) is 0 Å². The number of amides is 2. The highest BCUT2D eigenvalue weighted by atomic mass is 32.2. The summed E-state index contributed by atoms with van der Waals surface area (Å²) in [6.07, 6.45) is 3.68. The van der Waals surface area contributed by atoms with E-state index in [-0.39, 0.29) is 17.3 Å². The second-order valence-electron chi connectivity index (χ2n) is 4.22. The Hall–Kier alpha value is -0.750. The van der Waals surface area contributed by atoms with Crippen molar-refractivity contribution in [2.75, 3.05) is 19.3 Å². The summed E-state index contributed by atoms with van der Waals surface area (Å²) in [5.41, 5.74) is 0. The van der Waals surface area contributed by atoms with Crippen molar-refractivity contribution in [3.8, 4) is 0 Å². The van der Waals surface area contributed by atoms with Gasteiger partial charge in [0.15, 0.2) is 0 Å². The van der Waals surface area contributed by atoms with Gasteiger partial charge < -0.3 is 16.0 Å². The third kappa shape index (κ3) is 9.30. The largest absolute Gasteiger partial charge is 0.353 e. The molecular formula is C12H25N3O2S. The summed E-state index contributed by atoms with van der Waals surface area (Å²) < 4.78 is 0. The zero-order valence-corrected chi connectivity index (χ0v) is 12.3. The van der Waals surface area contributed by atoms with E-state index in [9.17, 15) is 9.59 Å². The molecule has 3 N–H and O–H groups in total. The highest BCUT2D eigenvalue weighted by Crippen LogP contribution is 2.15. The summed E-state index contributed by atoms with van der Waals surface area (Å²) >= 11 is 1.73. The zero-order chi connectivity index (χ0) is 13.8. The van der Waals surface area contributed by atoms with E-state index >= 15 is 0 Å². The molecule has 0 heterocycles. The highest BCUT2D eigenvalue weighted by molar-refractivity contribution is 7.99. The fraction of sp³-hybridized carbons (Fsp3) is 0.833. The molecule has 0 aliphatic heterocycles. The minimum Gasteiger partial charge on any atom is -0.353 e. The Kier molecular flexibility index (Phi) is 10.9. The lowest BCUT2D eigenvalue weighted by molar-refractivity contribution is -0.120. The molecule has 0 aromatic carbocycles. The minimum absolute atomic E-state index is 0.0196. The number of carbonyl (C=O) groups excluding carboxylic acids is 2. The van der Waals surface area contributed by atoms with Crippen LogP contribution < -0.4 is 16.0 Å². The molecule has 0 rings (SSSR count). The van der Waals surface area contributed by atoms with Gasteiger partial charge in [-0.3, -0.25) is 9.59 Å². The van der Waals surface area contributed by atoms with Gasteiger partial charge in [-0.1, -0.05) is 13.3 Å². The van der Waals surface area contributed by atoms with Gasteiger partial charge in [-0.05, 0) is 32.6 Å². The lowest BCUT2D eigenvalue weighted by Gasteiger charge is -2.17. The quantitative estimate of drug-likeness (QED) is 0.383. The molecule has 0 aromatic rings. The molecule has 106 valence electrons. The average Bonchev–Trinajstić information content (AvgIpc) is 2.29. The second kappa shape index (κ2) is 11.3. The molecule has 0 radical (unpaired) electrons. The minimum atomic E-state index is 0.0196. The molecular weight excluding hydrogens is 250 g/mol. The van der Waals surface area contributed by atoms with Gasteiger partial charge in [0.05, 0.1) is 11.9 Å². The van der Waals surface area contributed by atoms with Crippen molar-refractivity contribution < 1.29 is 9.59 Å². The topological polar surface area (TPSA) is 70.2 Å². The number of rotatable bonds is 11. The number of thioether (sulfide) groups is 1. The molecule has 0 fully saturated rings. The van der Waals surface area contributed by atoms with Crippen molar-refractivity contribution in [1.29, 1.82) is 0 Å². The fourth-order valence-corrected chi connectivity index (χ4v) is 2.83. The number of nitrogens with one attached hydrogen (secondary N) is 3. The van der Waals surface area contributed by atoms with Crippen LogP contribution in [0, 0.1) is 0 Å². The van der Waals surface area contributed by atoms with Crippen LogP contribution in [0.2, 0.25) is 0 Å². The van der Waals surface area contributed by atoms with E-state index in [0.29, 0.717) is 6.54 Å². The van der Waals surface area contributed by atoms with Crippen LogP contribution in [0.25, 0.3) is 0 Å². The molecule has 6 heteroatoms. The summed E-state index contributed by atoms with van der Waals surface area (Å²) in [5.74, 6) is 0.943. The van der Waals surface area contributed by atoms with E-state index in [4.69, 9.17) is 0 Å². The van der Waals surface area contributed by atoms with Gasteiger partial charge in [0.1, 0.15) is 0 Å². The standard InChI is InChI=1S/C12H25N3O2S/c1-4-5-12(14-9-16)18-7-6-10(2)15-11(17)8-13-3/h9-10,12-13H,4-8H2,1-3H3,(H,14,16)(H,15,17). The van der Waals surface area contributed by atoms with Crippen molar-refractivity contribution >= 4 is 24.1 Å². The Morgan fingerprint density at radius 2 is 2.11 bits per heavy atom. The highest BCUT2D eigenvalue weighted by Gasteiger charge is 2.09. The van der Waals surface area contributed by atoms with Crippen LogP contribution >= 0.6 is 11.8 Å². The lowest BCUT2D eigenvalue weighted by atomic mass is 10.2. The van der Waals surface area contributed by atoms with Crippen molar-refractivity contribution in [2.24, 2.45) is 0 Å². The van der Waals surface area contributed by atoms with Gasteiger partial charge in [0.2, 0.25) is 12.3 Å². The molecule has 2 atom stereocenters. The summed E-state index contributed by atoms with van der Waals surface area (Å²) in [4.78, 5) is 21.7. The van der Waals surface area contributed by atoms with Gasteiger partial charge in [-0.25, -0.2) is 0 Å². The van der Waals surface area contributed by atoms with E-state index < -0.39 is 0 Å². The van der Waals surface area contributed by atoms with Gasteiger partial charge in [0, 0.05) is 6.04 Å². The number of likely N-dealkylation sites (N-methyl/N-ethyl adjacent to an activating group) is 1. The van der Waals surface area contributed by atoms with Gasteiger partial charge in [-0.15, -0.1) is 11.8 Å². The monoisotopic (exact) mass is 275 g/mol. The van der Waals surface area contributed by atoms with E-state index in [1.54, 1.807) is 18.8 Å². The van der Waals surface area contributed by atoms with E-state index in [0.717, 1.165) is 31.4 Å². The Morgan fingerprint density at radius 1 is 1.39 bits per heavy atom.